The van der Waals surface area contributed by atoms with E-state index in [2.05, 4.69) is 0 Å². The van der Waals surface area contributed by atoms with Crippen LogP contribution in [0.4, 0.5) is 0 Å². The average Bonchev–Trinajstić information content (AvgIpc) is 1.68. The van der Waals surface area contributed by atoms with Crippen molar-refractivity contribution in [2.75, 3.05) is 0 Å². The first kappa shape index (κ1) is 6.74. The maximum atomic E-state index is 8.49. The normalized spacial score (nSPS) is 10.9. The fourth-order valence-corrected chi connectivity index (χ4v) is 0.212. The molecule has 0 aliphatic carbocycles. The summed E-state index contributed by atoms with van der Waals surface area (Å²) in [6.45, 7) is 0. The van der Waals surface area contributed by atoms with Gasteiger partial charge < -0.3 is 5.11 Å². The van der Waals surface area contributed by atoms with Crippen LogP contribution in [0, 0.1) is 22.8 Å². The van der Waals surface area contributed by atoms with Crippen molar-refractivity contribution in [3.63, 3.8) is 0 Å². The predicted octanol–water partition coefficient (Wildman–Crippen LogP) is -0.711. The molecule has 1 atom stereocenters. The number of rotatable bonds is 2. The monoisotopic (exact) mass is 111 g/mol. The molecule has 0 aliphatic rings. The third-order valence-electron chi connectivity index (χ3n) is 0.516. The van der Waals surface area contributed by atoms with Crippen LogP contribution in [0.25, 0.3) is 0 Å². The topological polar surface area (TPSA) is 79.8 Å². The standard InChI is InChI=1S/C4H5N3O/c5-2-1-4(8)7-3-6/h4,7-8H,1H2. The first-order chi connectivity index (χ1) is 3.81. The van der Waals surface area contributed by atoms with Crippen LogP contribution in [0.3, 0.4) is 0 Å². The summed E-state index contributed by atoms with van der Waals surface area (Å²) in [4.78, 5) is 0. The number of hydrogen-bond donors (Lipinski definition) is 2. The summed E-state index contributed by atoms with van der Waals surface area (Å²) in [6.07, 6.45) is 0.430. The number of aliphatic hydroxyl groups excluding tert-OH is 1. The minimum atomic E-state index is -1.01. The van der Waals surface area contributed by atoms with E-state index in [0.29, 0.717) is 0 Å². The van der Waals surface area contributed by atoms with Gasteiger partial charge in [0, 0.05) is 0 Å². The van der Waals surface area contributed by atoms with Gasteiger partial charge in [-0.1, -0.05) is 0 Å². The summed E-state index contributed by atoms with van der Waals surface area (Å²) in [7, 11) is 0. The molecule has 42 valence electrons. The molecule has 0 radical (unpaired) electrons. The van der Waals surface area contributed by atoms with Gasteiger partial charge in [-0.15, -0.1) is 0 Å². The maximum Gasteiger partial charge on any atom is 0.178 e. The molecule has 0 saturated carbocycles. The average molecular weight is 111 g/mol. The lowest BCUT2D eigenvalue weighted by Crippen LogP contribution is -2.22. The second kappa shape index (κ2) is 3.91. The third-order valence-corrected chi connectivity index (χ3v) is 0.516. The van der Waals surface area contributed by atoms with Gasteiger partial charge in [-0.2, -0.15) is 10.5 Å². The number of nitrogens with one attached hydrogen (secondary N) is 1. The molecular weight excluding hydrogens is 106 g/mol. The van der Waals surface area contributed by atoms with Gasteiger partial charge in [0.1, 0.15) is 6.23 Å². The number of nitrogens with zero attached hydrogens (tertiary/aromatic N) is 2. The number of hydrogen-bond acceptors (Lipinski definition) is 4. The van der Waals surface area contributed by atoms with Crippen LogP contribution < -0.4 is 5.32 Å². The Morgan fingerprint density at radius 1 is 1.62 bits per heavy atom. The first-order valence-electron chi connectivity index (χ1n) is 2.01. The van der Waals surface area contributed by atoms with Gasteiger partial charge in [0.25, 0.3) is 0 Å². The summed E-state index contributed by atoms with van der Waals surface area (Å²) in [5.41, 5.74) is 0. The molecule has 0 amide bonds. The zero-order valence-corrected chi connectivity index (χ0v) is 4.13. The molecule has 2 N–H and O–H groups in total. The summed E-state index contributed by atoms with van der Waals surface area (Å²) < 4.78 is 0. The van der Waals surface area contributed by atoms with Crippen LogP contribution in [0.5, 0.6) is 0 Å². The lowest BCUT2D eigenvalue weighted by Gasteiger charge is -1.98. The van der Waals surface area contributed by atoms with E-state index in [1.165, 1.54) is 6.19 Å². The van der Waals surface area contributed by atoms with Crippen molar-refractivity contribution in [3.05, 3.63) is 0 Å². The minimum absolute atomic E-state index is 0.0619. The molecule has 0 saturated heterocycles. The van der Waals surface area contributed by atoms with Crippen LogP contribution in [0.15, 0.2) is 0 Å². The maximum absolute atomic E-state index is 8.49. The Hall–Kier alpha value is -1.26. The Balaban J connectivity index is 3.25. The largest absolute Gasteiger partial charge is 0.372 e. The lowest BCUT2D eigenvalue weighted by molar-refractivity contribution is 0.161. The van der Waals surface area contributed by atoms with Crippen molar-refractivity contribution in [1.82, 2.24) is 5.32 Å². The highest BCUT2D eigenvalue weighted by atomic mass is 16.3. The van der Waals surface area contributed by atoms with E-state index in [0.717, 1.165) is 0 Å². The van der Waals surface area contributed by atoms with Crippen molar-refractivity contribution in [2.24, 2.45) is 0 Å². The molecule has 0 bridgehead atoms. The van der Waals surface area contributed by atoms with Gasteiger partial charge >= 0.3 is 0 Å². The molecule has 1 unspecified atom stereocenters. The summed E-state index contributed by atoms with van der Waals surface area (Å²) >= 11 is 0. The minimum Gasteiger partial charge on any atom is -0.372 e. The van der Waals surface area contributed by atoms with Crippen molar-refractivity contribution >= 4 is 0 Å². The Labute approximate surface area is 47.0 Å². The molecule has 0 aromatic carbocycles. The highest BCUT2D eigenvalue weighted by Crippen LogP contribution is 1.79. The molecule has 0 aromatic rings. The Morgan fingerprint density at radius 3 is 2.62 bits per heavy atom. The molecule has 0 aromatic heterocycles. The zero-order chi connectivity index (χ0) is 6.41. The fraction of sp³-hybridized carbons (Fsp3) is 0.500. The van der Waals surface area contributed by atoms with E-state index in [1.807, 2.05) is 5.32 Å². The van der Waals surface area contributed by atoms with E-state index in [9.17, 15) is 0 Å². The number of aliphatic hydroxyl groups is 1. The molecular formula is C4H5N3O. The van der Waals surface area contributed by atoms with Crippen molar-refractivity contribution in [3.8, 4) is 12.3 Å². The van der Waals surface area contributed by atoms with Crippen molar-refractivity contribution in [2.45, 2.75) is 12.6 Å². The van der Waals surface area contributed by atoms with Crippen LogP contribution >= 0.6 is 0 Å². The van der Waals surface area contributed by atoms with Gasteiger partial charge in [0.05, 0.1) is 12.5 Å². The molecule has 0 rings (SSSR count). The van der Waals surface area contributed by atoms with E-state index in [-0.39, 0.29) is 6.42 Å². The van der Waals surface area contributed by atoms with Crippen LogP contribution in [-0.2, 0) is 0 Å². The second-order valence-electron chi connectivity index (χ2n) is 1.13. The Morgan fingerprint density at radius 2 is 2.25 bits per heavy atom. The van der Waals surface area contributed by atoms with E-state index in [4.69, 9.17) is 15.6 Å². The first-order valence-corrected chi connectivity index (χ1v) is 2.01. The van der Waals surface area contributed by atoms with Gasteiger partial charge in [-0.05, 0) is 0 Å². The molecule has 0 spiro atoms. The number of nitriles is 2. The van der Waals surface area contributed by atoms with Crippen molar-refractivity contribution in [1.29, 1.82) is 10.5 Å². The smallest absolute Gasteiger partial charge is 0.178 e. The quantitative estimate of drug-likeness (QED) is 0.280. The van der Waals surface area contributed by atoms with E-state index >= 15 is 0 Å². The van der Waals surface area contributed by atoms with Gasteiger partial charge in [-0.3, -0.25) is 5.32 Å². The SMILES string of the molecule is N#CCC(O)NC#N. The summed E-state index contributed by atoms with van der Waals surface area (Å²) in [5.74, 6) is 0. The molecule has 0 fully saturated rings. The molecule has 8 heavy (non-hydrogen) atoms. The van der Waals surface area contributed by atoms with E-state index < -0.39 is 6.23 Å². The molecule has 4 heteroatoms. The highest BCUT2D eigenvalue weighted by molar-refractivity contribution is 4.78. The summed E-state index contributed by atoms with van der Waals surface area (Å²) in [5, 5.41) is 26.2. The predicted molar refractivity (Wildman–Crippen MR) is 25.0 cm³/mol. The van der Waals surface area contributed by atoms with Crippen LogP contribution in [0.1, 0.15) is 6.42 Å². The Bertz CT molecular complexity index is 115. The summed E-state index contributed by atoms with van der Waals surface area (Å²) in [6, 6.07) is 1.69. The van der Waals surface area contributed by atoms with Gasteiger partial charge in [0.15, 0.2) is 6.19 Å². The zero-order valence-electron chi connectivity index (χ0n) is 4.13. The molecule has 0 aliphatic heterocycles. The Kier molecular flexibility index (Phi) is 3.30. The van der Waals surface area contributed by atoms with Gasteiger partial charge in [0.2, 0.25) is 0 Å². The van der Waals surface area contributed by atoms with Crippen molar-refractivity contribution < 1.29 is 5.11 Å². The molecule has 0 heterocycles. The lowest BCUT2D eigenvalue weighted by atomic mass is 10.4. The van der Waals surface area contributed by atoms with Crippen LogP contribution in [-0.4, -0.2) is 11.3 Å². The van der Waals surface area contributed by atoms with Gasteiger partial charge in [-0.25, -0.2) is 0 Å². The highest BCUT2D eigenvalue weighted by Gasteiger charge is 1.96. The third kappa shape index (κ3) is 2.95. The van der Waals surface area contributed by atoms with Crippen LogP contribution in [0.2, 0.25) is 0 Å². The van der Waals surface area contributed by atoms with E-state index in [1.54, 1.807) is 6.07 Å². The molecule has 4 nitrogen and oxygen atoms in total. The fourth-order valence-electron chi connectivity index (χ4n) is 0.212. The second-order valence-corrected chi connectivity index (χ2v) is 1.13.